The normalized spacial score (nSPS) is 11.7. The summed E-state index contributed by atoms with van der Waals surface area (Å²) in [6.45, 7) is 8.56. The standard InChI is InChI=1S/C12H13FN4O.C7H10ClN/c1-14-8-7-11(15-2)17-12(18)16-10-6-4-3-5-9(10)13;1-6(8)4-3-5-7(2)9/h3-8H,2H2,1H3,(H2,16,17,18);3-5H,1,9H2,2H3/b11-7+,14-8?;4-3-,7-5+. The molecule has 4 N–H and O–H groups in total. The molecule has 2 amide bonds. The summed E-state index contributed by atoms with van der Waals surface area (Å²) in [5, 5.41) is 5.26. The van der Waals surface area contributed by atoms with E-state index in [1.54, 1.807) is 38.3 Å². The van der Waals surface area contributed by atoms with Crippen LogP contribution in [0.5, 0.6) is 0 Å². The van der Waals surface area contributed by atoms with Gasteiger partial charge in [0.05, 0.1) is 5.69 Å². The molecular formula is C19H23ClFN5O. The van der Waals surface area contributed by atoms with E-state index in [1.807, 2.05) is 0 Å². The Balaban J connectivity index is 0.000000636. The number of nitrogens with one attached hydrogen (secondary N) is 2. The second-order valence-electron chi connectivity index (χ2n) is 4.89. The number of allylic oxidation sites excluding steroid dienone is 6. The molecule has 27 heavy (non-hydrogen) atoms. The number of urea groups is 1. The molecular weight excluding hydrogens is 369 g/mol. The Morgan fingerprint density at radius 3 is 2.52 bits per heavy atom. The largest absolute Gasteiger partial charge is 0.402 e. The maximum atomic E-state index is 13.3. The van der Waals surface area contributed by atoms with Crippen LogP contribution in [0.4, 0.5) is 14.9 Å². The van der Waals surface area contributed by atoms with E-state index in [0.29, 0.717) is 5.03 Å². The lowest BCUT2D eigenvalue weighted by Crippen LogP contribution is -2.27. The molecule has 0 radical (unpaired) electrons. The maximum absolute atomic E-state index is 13.3. The number of rotatable bonds is 6. The molecule has 0 aliphatic carbocycles. The molecule has 1 aromatic carbocycles. The molecule has 1 aromatic rings. The number of hydrogen-bond donors (Lipinski definition) is 3. The molecule has 0 heterocycles. The molecule has 0 unspecified atom stereocenters. The summed E-state index contributed by atoms with van der Waals surface area (Å²) in [6.07, 6.45) is 8.11. The SMILES string of the molecule is C=C(Cl)/C=C\C=C(/C)N.C=N/C(=C\C=NC)NC(=O)Nc1ccccc1F. The van der Waals surface area contributed by atoms with E-state index in [-0.39, 0.29) is 11.5 Å². The maximum Gasteiger partial charge on any atom is 0.324 e. The van der Waals surface area contributed by atoms with Gasteiger partial charge in [0.25, 0.3) is 0 Å². The predicted octanol–water partition coefficient (Wildman–Crippen LogP) is 4.35. The fourth-order valence-corrected chi connectivity index (χ4v) is 1.49. The van der Waals surface area contributed by atoms with Crippen LogP contribution in [0.1, 0.15) is 6.92 Å². The van der Waals surface area contributed by atoms with Gasteiger partial charge in [-0.2, -0.15) is 0 Å². The van der Waals surface area contributed by atoms with E-state index < -0.39 is 11.8 Å². The first-order valence-corrected chi connectivity index (χ1v) is 8.04. The third-order valence-corrected chi connectivity index (χ3v) is 2.68. The molecule has 0 aliphatic rings. The zero-order valence-electron chi connectivity index (χ0n) is 15.2. The Morgan fingerprint density at radius 1 is 1.33 bits per heavy atom. The molecule has 8 heteroatoms. The number of nitrogens with zero attached hydrogens (tertiary/aromatic N) is 2. The van der Waals surface area contributed by atoms with Crippen molar-refractivity contribution < 1.29 is 9.18 Å². The highest BCUT2D eigenvalue weighted by atomic mass is 35.5. The minimum Gasteiger partial charge on any atom is -0.402 e. The number of hydrogen-bond acceptors (Lipinski definition) is 4. The molecule has 0 bridgehead atoms. The van der Waals surface area contributed by atoms with E-state index in [0.717, 1.165) is 5.70 Å². The number of benzene rings is 1. The molecule has 0 saturated carbocycles. The van der Waals surface area contributed by atoms with Gasteiger partial charge < -0.3 is 11.1 Å². The zero-order chi connectivity index (χ0) is 20.7. The molecule has 1 rings (SSSR count). The van der Waals surface area contributed by atoms with Crippen molar-refractivity contribution >= 4 is 36.3 Å². The lowest BCUT2D eigenvalue weighted by molar-refractivity contribution is 0.254. The van der Waals surface area contributed by atoms with Crippen LogP contribution in [-0.4, -0.2) is 26.0 Å². The fraction of sp³-hybridized carbons (Fsp3) is 0.105. The number of para-hydroxylation sites is 1. The van der Waals surface area contributed by atoms with Crippen molar-refractivity contribution in [2.45, 2.75) is 6.92 Å². The van der Waals surface area contributed by atoms with E-state index in [1.165, 1.54) is 30.5 Å². The Bertz CT molecular complexity index is 765. The van der Waals surface area contributed by atoms with Crippen molar-refractivity contribution in [2.75, 3.05) is 12.4 Å². The Hall–Kier alpha value is -3.19. The van der Waals surface area contributed by atoms with Crippen molar-refractivity contribution in [3.05, 3.63) is 77.5 Å². The fourth-order valence-electron chi connectivity index (χ4n) is 1.42. The number of nitrogens with two attached hydrogens (primary N) is 1. The lowest BCUT2D eigenvalue weighted by Gasteiger charge is -2.07. The van der Waals surface area contributed by atoms with Gasteiger partial charge in [-0.25, -0.2) is 14.2 Å². The average molecular weight is 392 g/mol. The van der Waals surface area contributed by atoms with Gasteiger partial charge in [-0.3, -0.25) is 10.3 Å². The highest BCUT2D eigenvalue weighted by Gasteiger charge is 2.06. The number of halogens is 2. The molecule has 0 aromatic heterocycles. The summed E-state index contributed by atoms with van der Waals surface area (Å²) in [4.78, 5) is 18.8. The number of amides is 2. The quantitative estimate of drug-likeness (QED) is 0.497. The summed E-state index contributed by atoms with van der Waals surface area (Å²) < 4.78 is 13.3. The Kier molecular flexibility index (Phi) is 12.4. The van der Waals surface area contributed by atoms with Crippen molar-refractivity contribution in [2.24, 2.45) is 15.7 Å². The second-order valence-corrected chi connectivity index (χ2v) is 5.38. The van der Waals surface area contributed by atoms with Gasteiger partial charge in [-0.05, 0) is 44.0 Å². The zero-order valence-corrected chi connectivity index (χ0v) is 16.0. The van der Waals surface area contributed by atoms with Crippen molar-refractivity contribution in [1.82, 2.24) is 5.32 Å². The highest BCUT2D eigenvalue weighted by Crippen LogP contribution is 2.11. The van der Waals surface area contributed by atoms with Crippen LogP contribution in [0.25, 0.3) is 0 Å². The summed E-state index contributed by atoms with van der Waals surface area (Å²) in [5.74, 6) is -0.297. The first kappa shape index (κ1) is 23.8. The topological polar surface area (TPSA) is 91.9 Å². The van der Waals surface area contributed by atoms with Crippen LogP contribution >= 0.6 is 11.6 Å². The number of aliphatic imine (C=N–C) groups is 2. The Morgan fingerprint density at radius 2 is 2.00 bits per heavy atom. The van der Waals surface area contributed by atoms with Gasteiger partial charge >= 0.3 is 6.03 Å². The summed E-state index contributed by atoms with van der Waals surface area (Å²) in [7, 11) is 1.58. The number of anilines is 1. The molecule has 0 saturated heterocycles. The summed E-state index contributed by atoms with van der Waals surface area (Å²) in [6, 6.07) is 5.25. The van der Waals surface area contributed by atoms with E-state index in [2.05, 4.69) is 33.9 Å². The Labute approximate surface area is 163 Å². The second kappa shape index (κ2) is 14.0. The summed E-state index contributed by atoms with van der Waals surface area (Å²) >= 11 is 5.41. The molecule has 0 fully saturated rings. The average Bonchev–Trinajstić information content (AvgIpc) is 2.60. The number of carbonyl (C=O) groups is 1. The van der Waals surface area contributed by atoms with Gasteiger partial charge in [0.2, 0.25) is 0 Å². The van der Waals surface area contributed by atoms with Crippen LogP contribution in [-0.2, 0) is 0 Å². The molecule has 0 aliphatic heterocycles. The van der Waals surface area contributed by atoms with Gasteiger partial charge in [-0.15, -0.1) is 0 Å². The first-order valence-electron chi connectivity index (χ1n) is 7.66. The minimum atomic E-state index is -0.608. The van der Waals surface area contributed by atoms with E-state index in [9.17, 15) is 9.18 Å². The van der Waals surface area contributed by atoms with Gasteiger partial charge in [-0.1, -0.05) is 36.4 Å². The number of carbonyl (C=O) groups excluding carboxylic acids is 1. The molecule has 144 valence electrons. The van der Waals surface area contributed by atoms with Gasteiger partial charge in [0.1, 0.15) is 11.6 Å². The first-order chi connectivity index (χ1) is 12.8. The highest BCUT2D eigenvalue weighted by molar-refractivity contribution is 6.30. The van der Waals surface area contributed by atoms with Gasteiger partial charge in [0.15, 0.2) is 0 Å². The van der Waals surface area contributed by atoms with Crippen molar-refractivity contribution in [3.8, 4) is 0 Å². The predicted molar refractivity (Wildman–Crippen MR) is 113 cm³/mol. The molecule has 0 atom stereocenters. The molecule has 6 nitrogen and oxygen atoms in total. The van der Waals surface area contributed by atoms with Crippen LogP contribution in [0, 0.1) is 5.82 Å². The summed E-state index contributed by atoms with van der Waals surface area (Å²) in [5.41, 5.74) is 6.16. The third kappa shape index (κ3) is 12.8. The minimum absolute atomic E-state index is 0.0857. The van der Waals surface area contributed by atoms with Crippen molar-refractivity contribution in [3.63, 3.8) is 0 Å². The molecule has 0 spiro atoms. The van der Waals surface area contributed by atoms with Crippen LogP contribution in [0.2, 0.25) is 0 Å². The van der Waals surface area contributed by atoms with Crippen molar-refractivity contribution in [1.29, 1.82) is 0 Å². The van der Waals surface area contributed by atoms with Crippen LogP contribution < -0.4 is 16.4 Å². The van der Waals surface area contributed by atoms with Crippen LogP contribution in [0.15, 0.2) is 81.7 Å². The lowest BCUT2D eigenvalue weighted by atomic mass is 10.3. The monoisotopic (exact) mass is 391 g/mol. The van der Waals surface area contributed by atoms with E-state index >= 15 is 0 Å². The van der Waals surface area contributed by atoms with Gasteiger partial charge in [0, 0.05) is 24.0 Å². The smallest absolute Gasteiger partial charge is 0.324 e. The third-order valence-electron chi connectivity index (χ3n) is 2.55. The van der Waals surface area contributed by atoms with Crippen LogP contribution in [0.3, 0.4) is 0 Å². The van der Waals surface area contributed by atoms with E-state index in [4.69, 9.17) is 17.3 Å².